The van der Waals surface area contributed by atoms with Crippen molar-refractivity contribution >= 4 is 11.9 Å². The third-order valence-corrected chi connectivity index (χ3v) is 1.68. The van der Waals surface area contributed by atoms with Crippen molar-refractivity contribution in [2.24, 2.45) is 5.73 Å². The number of hydrogen-bond donors (Lipinski definition) is 2. The van der Waals surface area contributed by atoms with Crippen molar-refractivity contribution in [3.8, 4) is 0 Å². The molecule has 1 heterocycles. The molecule has 1 atom stereocenters. The lowest BCUT2D eigenvalue weighted by Gasteiger charge is -2.12. The van der Waals surface area contributed by atoms with Gasteiger partial charge in [-0.25, -0.2) is 14.4 Å². The summed E-state index contributed by atoms with van der Waals surface area (Å²) in [6.45, 7) is 1.80. The summed E-state index contributed by atoms with van der Waals surface area (Å²) in [5.74, 6) is -0.819. The molecule has 1 unspecified atom stereocenters. The van der Waals surface area contributed by atoms with Crippen LogP contribution in [0.15, 0.2) is 12.4 Å². The number of nitrogens with zero attached hydrogens (tertiary/aromatic N) is 2. The Kier molecular flexibility index (Phi) is 3.33. The molecule has 1 rings (SSSR count). The maximum absolute atomic E-state index is 12.4. The third kappa shape index (κ3) is 2.65. The van der Waals surface area contributed by atoms with Crippen molar-refractivity contribution in [3.05, 3.63) is 18.2 Å². The molecule has 0 aliphatic heterocycles. The summed E-state index contributed by atoms with van der Waals surface area (Å²) in [5.41, 5.74) is 5.09. The molecule has 0 aromatic carbocycles. The molecule has 0 bridgehead atoms. The van der Waals surface area contributed by atoms with Gasteiger partial charge in [0.2, 0.25) is 11.9 Å². The fourth-order valence-corrected chi connectivity index (χ4v) is 0.917. The molecule has 6 heteroatoms. The van der Waals surface area contributed by atoms with E-state index in [0.717, 1.165) is 12.4 Å². The molecule has 5 nitrogen and oxygen atoms in total. The van der Waals surface area contributed by atoms with Gasteiger partial charge in [-0.05, 0) is 6.42 Å². The van der Waals surface area contributed by atoms with Crippen LogP contribution in [0.4, 0.5) is 10.3 Å². The van der Waals surface area contributed by atoms with Gasteiger partial charge in [-0.15, -0.1) is 0 Å². The van der Waals surface area contributed by atoms with E-state index >= 15 is 0 Å². The Morgan fingerprint density at radius 1 is 1.64 bits per heavy atom. The van der Waals surface area contributed by atoms with Gasteiger partial charge in [0.25, 0.3) is 0 Å². The third-order valence-electron chi connectivity index (χ3n) is 1.68. The van der Waals surface area contributed by atoms with Gasteiger partial charge in [-0.2, -0.15) is 0 Å². The van der Waals surface area contributed by atoms with Gasteiger partial charge >= 0.3 is 0 Å². The lowest BCUT2D eigenvalue weighted by molar-refractivity contribution is -0.118. The topological polar surface area (TPSA) is 80.9 Å². The van der Waals surface area contributed by atoms with Crippen molar-refractivity contribution in [1.29, 1.82) is 0 Å². The molecule has 0 fully saturated rings. The Labute approximate surface area is 80.5 Å². The van der Waals surface area contributed by atoms with Gasteiger partial charge in [0, 0.05) is 0 Å². The lowest BCUT2D eigenvalue weighted by Crippen LogP contribution is -2.35. The Morgan fingerprint density at radius 2 is 2.21 bits per heavy atom. The van der Waals surface area contributed by atoms with Crippen molar-refractivity contribution in [3.63, 3.8) is 0 Å². The lowest BCUT2D eigenvalue weighted by atomic mass is 10.2. The van der Waals surface area contributed by atoms with Crippen LogP contribution in [0.3, 0.4) is 0 Å². The predicted octanol–water partition coefficient (Wildman–Crippen LogP) is 0.292. The van der Waals surface area contributed by atoms with Crippen molar-refractivity contribution in [2.45, 2.75) is 19.4 Å². The molecule has 0 radical (unpaired) electrons. The minimum absolute atomic E-state index is 0.192. The number of primary amides is 1. The van der Waals surface area contributed by atoms with E-state index in [1.807, 2.05) is 0 Å². The number of nitrogens with one attached hydrogen (secondary N) is 1. The first-order valence-electron chi connectivity index (χ1n) is 4.17. The van der Waals surface area contributed by atoms with E-state index in [4.69, 9.17) is 5.73 Å². The summed E-state index contributed by atoms with van der Waals surface area (Å²) < 4.78 is 12.4. The number of halogens is 1. The normalized spacial score (nSPS) is 12.1. The van der Waals surface area contributed by atoms with Gasteiger partial charge in [-0.3, -0.25) is 4.79 Å². The minimum Gasteiger partial charge on any atom is -0.368 e. The van der Waals surface area contributed by atoms with Crippen molar-refractivity contribution < 1.29 is 9.18 Å². The molecule has 1 aromatic rings. The fourth-order valence-electron chi connectivity index (χ4n) is 0.917. The van der Waals surface area contributed by atoms with Crippen LogP contribution in [-0.4, -0.2) is 21.9 Å². The molecule has 3 N–H and O–H groups in total. The second kappa shape index (κ2) is 4.50. The largest absolute Gasteiger partial charge is 0.368 e. The SMILES string of the molecule is CCC(Nc1ncc(F)cn1)C(N)=O. The molecule has 1 amide bonds. The van der Waals surface area contributed by atoms with E-state index in [1.165, 1.54) is 0 Å². The van der Waals surface area contributed by atoms with Gasteiger partial charge < -0.3 is 11.1 Å². The van der Waals surface area contributed by atoms with Gasteiger partial charge in [0.05, 0.1) is 12.4 Å². The predicted molar refractivity (Wildman–Crippen MR) is 48.9 cm³/mol. The monoisotopic (exact) mass is 198 g/mol. The van der Waals surface area contributed by atoms with Gasteiger partial charge in [-0.1, -0.05) is 6.92 Å². The highest BCUT2D eigenvalue weighted by molar-refractivity contribution is 5.82. The number of aromatic nitrogens is 2. The van der Waals surface area contributed by atoms with E-state index in [-0.39, 0.29) is 5.95 Å². The fraction of sp³-hybridized carbons (Fsp3) is 0.375. The summed E-state index contributed by atoms with van der Waals surface area (Å²) in [5, 5.41) is 2.69. The highest BCUT2D eigenvalue weighted by Gasteiger charge is 2.13. The van der Waals surface area contributed by atoms with Gasteiger partial charge in [0.15, 0.2) is 5.82 Å². The van der Waals surface area contributed by atoms with E-state index in [2.05, 4.69) is 15.3 Å². The van der Waals surface area contributed by atoms with Crippen LogP contribution in [0.25, 0.3) is 0 Å². The molecule has 0 saturated heterocycles. The van der Waals surface area contributed by atoms with Crippen LogP contribution in [0.2, 0.25) is 0 Å². The summed E-state index contributed by atoms with van der Waals surface area (Å²) >= 11 is 0. The van der Waals surface area contributed by atoms with Crippen LogP contribution in [0.1, 0.15) is 13.3 Å². The molecule has 14 heavy (non-hydrogen) atoms. The quantitative estimate of drug-likeness (QED) is 0.728. The number of amides is 1. The molecule has 0 saturated carbocycles. The average molecular weight is 198 g/mol. The first-order chi connectivity index (χ1) is 6.63. The number of carbonyl (C=O) groups is 1. The molecule has 1 aromatic heterocycles. The van der Waals surface area contributed by atoms with Crippen LogP contribution >= 0.6 is 0 Å². The highest BCUT2D eigenvalue weighted by Crippen LogP contribution is 2.02. The Balaban J connectivity index is 2.67. The van der Waals surface area contributed by atoms with Crippen LogP contribution in [0.5, 0.6) is 0 Å². The average Bonchev–Trinajstić information content (AvgIpc) is 2.16. The zero-order valence-corrected chi connectivity index (χ0v) is 7.70. The first-order valence-corrected chi connectivity index (χ1v) is 4.17. The van der Waals surface area contributed by atoms with E-state index < -0.39 is 17.8 Å². The second-order valence-electron chi connectivity index (χ2n) is 2.73. The number of hydrogen-bond acceptors (Lipinski definition) is 4. The van der Waals surface area contributed by atoms with Gasteiger partial charge in [0.1, 0.15) is 6.04 Å². The number of carbonyl (C=O) groups excluding carboxylic acids is 1. The Morgan fingerprint density at radius 3 is 2.64 bits per heavy atom. The summed E-state index contributed by atoms with van der Waals surface area (Å²) in [4.78, 5) is 18.1. The van der Waals surface area contributed by atoms with Crippen LogP contribution < -0.4 is 11.1 Å². The van der Waals surface area contributed by atoms with Crippen LogP contribution in [-0.2, 0) is 4.79 Å². The zero-order valence-electron chi connectivity index (χ0n) is 7.70. The van der Waals surface area contributed by atoms with Crippen molar-refractivity contribution in [2.75, 3.05) is 5.32 Å². The molecular weight excluding hydrogens is 187 g/mol. The molecule has 0 spiro atoms. The smallest absolute Gasteiger partial charge is 0.239 e. The van der Waals surface area contributed by atoms with E-state index in [1.54, 1.807) is 6.92 Å². The Hall–Kier alpha value is -1.72. The number of rotatable bonds is 4. The summed E-state index contributed by atoms with van der Waals surface area (Å²) in [6.07, 6.45) is 2.56. The molecule has 76 valence electrons. The Bertz CT molecular complexity index is 314. The zero-order chi connectivity index (χ0) is 10.6. The van der Waals surface area contributed by atoms with E-state index in [9.17, 15) is 9.18 Å². The first kappa shape index (κ1) is 10.4. The second-order valence-corrected chi connectivity index (χ2v) is 2.73. The van der Waals surface area contributed by atoms with Crippen molar-refractivity contribution in [1.82, 2.24) is 9.97 Å². The maximum Gasteiger partial charge on any atom is 0.239 e. The minimum atomic E-state index is -0.527. The number of anilines is 1. The summed E-state index contributed by atoms with van der Waals surface area (Å²) in [7, 11) is 0. The number of nitrogens with two attached hydrogens (primary N) is 1. The molecule has 0 aliphatic carbocycles. The highest BCUT2D eigenvalue weighted by atomic mass is 19.1. The van der Waals surface area contributed by atoms with E-state index in [0.29, 0.717) is 6.42 Å². The molecule has 0 aliphatic rings. The maximum atomic E-state index is 12.4. The van der Waals surface area contributed by atoms with Crippen LogP contribution in [0, 0.1) is 5.82 Å². The molecular formula is C8H11FN4O. The summed E-state index contributed by atoms with van der Waals surface area (Å²) in [6, 6.07) is -0.527. The standard InChI is InChI=1S/C8H11FN4O/c1-2-6(7(10)14)13-8-11-3-5(9)4-12-8/h3-4,6H,2H2,1H3,(H2,10,14)(H,11,12,13).